The van der Waals surface area contributed by atoms with E-state index < -0.39 is 0 Å². The van der Waals surface area contributed by atoms with Crippen molar-refractivity contribution in [2.75, 3.05) is 51.0 Å². The number of likely N-dealkylation sites (tertiary alicyclic amines) is 1. The number of nitrogens with one attached hydrogen (secondary N) is 1. The minimum absolute atomic E-state index is 0.753. The Morgan fingerprint density at radius 2 is 2.11 bits per heavy atom. The Morgan fingerprint density at radius 3 is 2.78 bits per heavy atom. The van der Waals surface area contributed by atoms with Crippen molar-refractivity contribution < 1.29 is 0 Å². The summed E-state index contributed by atoms with van der Waals surface area (Å²) < 4.78 is 0. The van der Waals surface area contributed by atoms with E-state index in [1.54, 1.807) is 6.20 Å². The van der Waals surface area contributed by atoms with Gasteiger partial charge in [-0.15, -0.1) is 0 Å². The Morgan fingerprint density at radius 1 is 1.39 bits per heavy atom. The summed E-state index contributed by atoms with van der Waals surface area (Å²) in [5.41, 5.74) is 0. The lowest BCUT2D eigenvalue weighted by atomic mass is 9.97. The van der Waals surface area contributed by atoms with Crippen LogP contribution >= 0.6 is 0 Å². The fourth-order valence-electron chi connectivity index (χ4n) is 2.18. The lowest BCUT2D eigenvalue weighted by molar-refractivity contribution is 0.226. The largest absolute Gasteiger partial charge is 0.370 e. The van der Waals surface area contributed by atoms with Gasteiger partial charge in [-0.3, -0.25) is 0 Å². The molecule has 2 rings (SSSR count). The van der Waals surface area contributed by atoms with E-state index >= 15 is 0 Å². The number of aromatic nitrogens is 2. The molecular weight excluding hydrogens is 226 g/mol. The minimum Gasteiger partial charge on any atom is -0.370 e. The van der Waals surface area contributed by atoms with Crippen molar-refractivity contribution in [2.24, 2.45) is 5.92 Å². The van der Waals surface area contributed by atoms with Crippen LogP contribution in [0.4, 0.5) is 11.8 Å². The number of nitrogens with zero attached hydrogens (tertiary/aromatic N) is 4. The molecule has 1 saturated heterocycles. The molecule has 5 heteroatoms. The topological polar surface area (TPSA) is 44.3 Å². The zero-order chi connectivity index (χ0) is 13.0. The van der Waals surface area contributed by atoms with Gasteiger partial charge < -0.3 is 15.1 Å². The zero-order valence-electron chi connectivity index (χ0n) is 11.6. The predicted octanol–water partition coefficient (Wildman–Crippen LogP) is 1.30. The van der Waals surface area contributed by atoms with Gasteiger partial charge in [0, 0.05) is 26.8 Å². The van der Waals surface area contributed by atoms with E-state index in [9.17, 15) is 0 Å². The Labute approximate surface area is 109 Å². The van der Waals surface area contributed by atoms with E-state index in [2.05, 4.69) is 27.2 Å². The average molecular weight is 249 g/mol. The molecule has 1 aliphatic rings. The molecule has 1 aromatic rings. The number of rotatable bonds is 4. The lowest BCUT2D eigenvalue weighted by Crippen LogP contribution is -2.33. The number of piperidine rings is 1. The Balaban J connectivity index is 1.84. The second-order valence-corrected chi connectivity index (χ2v) is 5.26. The molecule has 1 aromatic heterocycles. The highest BCUT2D eigenvalue weighted by Crippen LogP contribution is 2.17. The highest BCUT2D eigenvalue weighted by Gasteiger charge is 2.16. The first-order valence-electron chi connectivity index (χ1n) is 6.58. The van der Waals surface area contributed by atoms with Crippen LogP contribution < -0.4 is 10.2 Å². The summed E-state index contributed by atoms with van der Waals surface area (Å²) in [6.07, 6.45) is 4.35. The quantitative estimate of drug-likeness (QED) is 0.871. The second-order valence-electron chi connectivity index (χ2n) is 5.26. The average Bonchev–Trinajstić information content (AvgIpc) is 2.38. The smallest absolute Gasteiger partial charge is 0.226 e. The summed E-state index contributed by atoms with van der Waals surface area (Å²) in [6, 6.07) is 1.93. The van der Waals surface area contributed by atoms with E-state index in [1.165, 1.54) is 25.9 Å². The van der Waals surface area contributed by atoms with Crippen molar-refractivity contribution in [3.05, 3.63) is 12.3 Å². The van der Waals surface area contributed by atoms with E-state index in [1.807, 2.05) is 25.1 Å². The zero-order valence-corrected chi connectivity index (χ0v) is 11.6. The Kier molecular flexibility index (Phi) is 4.36. The van der Waals surface area contributed by atoms with Gasteiger partial charge >= 0.3 is 0 Å². The third-order valence-corrected chi connectivity index (χ3v) is 3.45. The highest BCUT2D eigenvalue weighted by molar-refractivity contribution is 5.40. The summed E-state index contributed by atoms with van der Waals surface area (Å²) in [5, 5.41) is 3.43. The van der Waals surface area contributed by atoms with Gasteiger partial charge in [-0.25, -0.2) is 4.98 Å². The minimum atomic E-state index is 0.753. The molecule has 1 aliphatic heterocycles. The third kappa shape index (κ3) is 3.57. The fraction of sp³-hybridized carbons (Fsp3) is 0.692. The third-order valence-electron chi connectivity index (χ3n) is 3.45. The first-order valence-corrected chi connectivity index (χ1v) is 6.58. The number of anilines is 2. The number of hydrogen-bond donors (Lipinski definition) is 1. The molecule has 0 atom stereocenters. The molecule has 1 N–H and O–H groups in total. The maximum Gasteiger partial charge on any atom is 0.226 e. The van der Waals surface area contributed by atoms with Gasteiger partial charge in [-0.2, -0.15) is 4.98 Å². The molecule has 0 spiro atoms. The van der Waals surface area contributed by atoms with Crippen molar-refractivity contribution in [3.8, 4) is 0 Å². The van der Waals surface area contributed by atoms with Crippen LogP contribution in [0.15, 0.2) is 12.3 Å². The summed E-state index contributed by atoms with van der Waals surface area (Å²) in [5.74, 6) is 2.44. The van der Waals surface area contributed by atoms with E-state index in [4.69, 9.17) is 0 Å². The van der Waals surface area contributed by atoms with Gasteiger partial charge in [-0.05, 0) is 45.0 Å². The van der Waals surface area contributed by atoms with E-state index in [0.717, 1.165) is 24.2 Å². The molecule has 0 unspecified atom stereocenters. The summed E-state index contributed by atoms with van der Waals surface area (Å²) >= 11 is 0. The standard InChI is InChI=1S/C13H23N5/c1-17(2)13-14-7-4-12(16-13)15-10-11-5-8-18(3)9-6-11/h4,7,11H,5-6,8-10H2,1-3H3,(H,14,15,16). The van der Waals surface area contributed by atoms with Crippen LogP contribution in [0.25, 0.3) is 0 Å². The van der Waals surface area contributed by atoms with Crippen LogP contribution in [0.2, 0.25) is 0 Å². The van der Waals surface area contributed by atoms with Crippen molar-refractivity contribution in [3.63, 3.8) is 0 Å². The van der Waals surface area contributed by atoms with Gasteiger partial charge in [0.15, 0.2) is 0 Å². The van der Waals surface area contributed by atoms with Gasteiger partial charge in [0.1, 0.15) is 5.82 Å². The maximum absolute atomic E-state index is 4.46. The summed E-state index contributed by atoms with van der Waals surface area (Å²) in [4.78, 5) is 13.0. The molecule has 5 nitrogen and oxygen atoms in total. The molecule has 18 heavy (non-hydrogen) atoms. The Bertz CT molecular complexity index is 371. The summed E-state index contributed by atoms with van der Waals surface area (Å²) in [7, 11) is 6.10. The van der Waals surface area contributed by atoms with Crippen LogP contribution in [0.3, 0.4) is 0 Å². The van der Waals surface area contributed by atoms with Crippen LogP contribution in [0.1, 0.15) is 12.8 Å². The van der Waals surface area contributed by atoms with Crippen LogP contribution in [-0.2, 0) is 0 Å². The molecule has 0 saturated carbocycles. The second kappa shape index (κ2) is 6.00. The predicted molar refractivity (Wildman–Crippen MR) is 75.1 cm³/mol. The molecule has 0 aliphatic carbocycles. The van der Waals surface area contributed by atoms with E-state index in [-0.39, 0.29) is 0 Å². The normalized spacial score (nSPS) is 17.7. The molecule has 0 radical (unpaired) electrons. The highest BCUT2D eigenvalue weighted by atomic mass is 15.2. The monoisotopic (exact) mass is 249 g/mol. The SMILES string of the molecule is CN1CCC(CNc2ccnc(N(C)C)n2)CC1. The Hall–Kier alpha value is -1.36. The molecule has 2 heterocycles. The number of hydrogen-bond acceptors (Lipinski definition) is 5. The van der Waals surface area contributed by atoms with Crippen molar-refractivity contribution in [1.82, 2.24) is 14.9 Å². The molecule has 1 fully saturated rings. The van der Waals surface area contributed by atoms with Crippen molar-refractivity contribution in [1.29, 1.82) is 0 Å². The molecular formula is C13H23N5. The molecule has 0 bridgehead atoms. The van der Waals surface area contributed by atoms with Crippen LogP contribution in [0.5, 0.6) is 0 Å². The van der Waals surface area contributed by atoms with Gasteiger partial charge in [0.25, 0.3) is 0 Å². The van der Waals surface area contributed by atoms with Gasteiger partial charge in [-0.1, -0.05) is 0 Å². The first kappa shape index (κ1) is 13.1. The van der Waals surface area contributed by atoms with E-state index in [0.29, 0.717) is 0 Å². The summed E-state index contributed by atoms with van der Waals surface area (Å²) in [6.45, 7) is 3.43. The molecule has 100 valence electrons. The molecule has 0 aromatic carbocycles. The van der Waals surface area contributed by atoms with Crippen LogP contribution in [0, 0.1) is 5.92 Å². The van der Waals surface area contributed by atoms with Crippen molar-refractivity contribution >= 4 is 11.8 Å². The maximum atomic E-state index is 4.46. The molecule has 0 amide bonds. The van der Waals surface area contributed by atoms with Gasteiger partial charge in [0.2, 0.25) is 5.95 Å². The fourth-order valence-corrected chi connectivity index (χ4v) is 2.18. The first-order chi connectivity index (χ1) is 8.65. The lowest BCUT2D eigenvalue weighted by Gasteiger charge is -2.29. The van der Waals surface area contributed by atoms with Gasteiger partial charge in [0.05, 0.1) is 0 Å². The van der Waals surface area contributed by atoms with Crippen LogP contribution in [-0.4, -0.2) is 55.6 Å². The van der Waals surface area contributed by atoms with Crippen molar-refractivity contribution in [2.45, 2.75) is 12.8 Å².